The van der Waals surface area contributed by atoms with E-state index in [9.17, 15) is 9.59 Å². The third kappa shape index (κ3) is 5.11. The van der Waals surface area contributed by atoms with Crippen LogP contribution in [0.3, 0.4) is 0 Å². The Balaban J connectivity index is 0.00000106. The van der Waals surface area contributed by atoms with Gasteiger partial charge in [-0.3, -0.25) is 0 Å². The molecule has 1 aliphatic heterocycles. The number of ether oxygens (including phenoxy) is 1. The molecular formula is C11H21NO4. The number of hydrogen-bond acceptors (Lipinski definition) is 4. The van der Waals surface area contributed by atoms with Crippen molar-refractivity contribution in [2.24, 2.45) is 5.92 Å². The number of amides is 1. The Bertz CT molecular complexity index is 229. The lowest BCUT2D eigenvalue weighted by molar-refractivity contribution is -0.109. The molecule has 1 heterocycles. The molecular weight excluding hydrogens is 210 g/mol. The fraction of sp³-hybridized carbons (Fsp3) is 0.818. The summed E-state index contributed by atoms with van der Waals surface area (Å²) in [7, 11) is 1.00. The average Bonchev–Trinajstić information content (AvgIpc) is 2.10. The molecule has 0 aromatic heterocycles. The molecule has 1 amide bonds. The van der Waals surface area contributed by atoms with Crippen molar-refractivity contribution in [2.45, 2.75) is 32.8 Å². The highest BCUT2D eigenvalue weighted by atomic mass is 16.6. The summed E-state index contributed by atoms with van der Waals surface area (Å²) in [5.41, 5.74) is -0.438. The van der Waals surface area contributed by atoms with Crippen molar-refractivity contribution >= 4 is 12.4 Å². The van der Waals surface area contributed by atoms with E-state index < -0.39 is 5.60 Å². The molecule has 16 heavy (non-hydrogen) atoms. The molecule has 5 nitrogen and oxygen atoms in total. The van der Waals surface area contributed by atoms with Gasteiger partial charge >= 0.3 is 6.09 Å². The van der Waals surface area contributed by atoms with Crippen molar-refractivity contribution in [2.75, 3.05) is 20.2 Å². The third-order valence-electron chi connectivity index (χ3n) is 2.04. The SMILES string of the molecule is CC(C)(C)OC(=O)N1CC(CC=O)C1.CO. The molecule has 0 atom stereocenters. The van der Waals surface area contributed by atoms with E-state index in [-0.39, 0.29) is 6.09 Å². The van der Waals surface area contributed by atoms with Gasteiger partial charge in [0.15, 0.2) is 0 Å². The van der Waals surface area contributed by atoms with Crippen LogP contribution in [0.15, 0.2) is 0 Å². The predicted octanol–water partition coefficient (Wildman–Crippen LogP) is 1.05. The van der Waals surface area contributed by atoms with Crippen LogP contribution in [-0.2, 0) is 9.53 Å². The summed E-state index contributed by atoms with van der Waals surface area (Å²) in [5.74, 6) is 0.333. The van der Waals surface area contributed by atoms with Crippen molar-refractivity contribution in [1.82, 2.24) is 4.90 Å². The molecule has 1 rings (SSSR count). The van der Waals surface area contributed by atoms with Gasteiger partial charge in [-0.1, -0.05) is 0 Å². The largest absolute Gasteiger partial charge is 0.444 e. The predicted molar refractivity (Wildman–Crippen MR) is 60.1 cm³/mol. The maximum Gasteiger partial charge on any atom is 0.410 e. The minimum Gasteiger partial charge on any atom is -0.444 e. The van der Waals surface area contributed by atoms with Crippen LogP contribution in [0.4, 0.5) is 4.79 Å². The van der Waals surface area contributed by atoms with Gasteiger partial charge in [-0.05, 0) is 20.8 Å². The van der Waals surface area contributed by atoms with Crippen LogP contribution in [0.2, 0.25) is 0 Å². The first-order chi connectivity index (χ1) is 7.42. The van der Waals surface area contributed by atoms with Crippen molar-refractivity contribution in [3.8, 4) is 0 Å². The summed E-state index contributed by atoms with van der Waals surface area (Å²) in [6.45, 7) is 6.82. The Morgan fingerprint density at radius 2 is 1.94 bits per heavy atom. The molecule has 0 bridgehead atoms. The molecule has 0 saturated carbocycles. The van der Waals surface area contributed by atoms with Crippen molar-refractivity contribution in [3.63, 3.8) is 0 Å². The molecule has 0 aliphatic carbocycles. The van der Waals surface area contributed by atoms with Gasteiger partial charge in [-0.2, -0.15) is 0 Å². The normalized spacial score (nSPS) is 15.7. The maximum absolute atomic E-state index is 11.4. The summed E-state index contributed by atoms with van der Waals surface area (Å²) in [6, 6.07) is 0. The summed E-state index contributed by atoms with van der Waals surface area (Å²) in [6.07, 6.45) is 1.16. The van der Waals surface area contributed by atoms with E-state index in [2.05, 4.69) is 0 Å². The molecule has 1 fully saturated rings. The Kier molecular flexibility index (Phi) is 6.03. The number of likely N-dealkylation sites (tertiary alicyclic amines) is 1. The fourth-order valence-electron chi connectivity index (χ4n) is 1.33. The minimum absolute atomic E-state index is 0.278. The van der Waals surface area contributed by atoms with E-state index in [1.54, 1.807) is 4.90 Å². The lowest BCUT2D eigenvalue weighted by Gasteiger charge is -2.39. The van der Waals surface area contributed by atoms with E-state index in [1.165, 1.54) is 0 Å². The highest BCUT2D eigenvalue weighted by Crippen LogP contribution is 2.20. The molecule has 0 spiro atoms. The summed E-state index contributed by atoms with van der Waals surface area (Å²) in [5, 5.41) is 7.00. The first-order valence-electron chi connectivity index (χ1n) is 5.28. The van der Waals surface area contributed by atoms with Gasteiger partial charge in [0.05, 0.1) is 0 Å². The molecule has 1 saturated heterocycles. The molecule has 1 N–H and O–H groups in total. The van der Waals surface area contributed by atoms with Crippen molar-refractivity contribution < 1.29 is 19.4 Å². The van der Waals surface area contributed by atoms with Gasteiger partial charge in [0.2, 0.25) is 0 Å². The first kappa shape index (κ1) is 14.9. The summed E-state index contributed by atoms with van der Waals surface area (Å²) < 4.78 is 5.17. The zero-order chi connectivity index (χ0) is 12.8. The highest BCUT2D eigenvalue weighted by molar-refractivity contribution is 5.69. The molecule has 0 radical (unpaired) electrons. The van der Waals surface area contributed by atoms with Crippen LogP contribution in [0, 0.1) is 5.92 Å². The molecule has 0 aromatic carbocycles. The van der Waals surface area contributed by atoms with Crippen molar-refractivity contribution in [3.05, 3.63) is 0 Å². The highest BCUT2D eigenvalue weighted by Gasteiger charge is 2.32. The number of rotatable bonds is 2. The number of aliphatic hydroxyl groups is 1. The van der Waals surface area contributed by atoms with Crippen LogP contribution in [-0.4, -0.2) is 48.2 Å². The molecule has 0 unspecified atom stereocenters. The Morgan fingerprint density at radius 1 is 1.44 bits per heavy atom. The van der Waals surface area contributed by atoms with Gasteiger partial charge in [0.25, 0.3) is 0 Å². The first-order valence-corrected chi connectivity index (χ1v) is 5.28. The topological polar surface area (TPSA) is 66.8 Å². The van der Waals surface area contributed by atoms with Crippen LogP contribution in [0.1, 0.15) is 27.2 Å². The van der Waals surface area contributed by atoms with Gasteiger partial charge in [0.1, 0.15) is 11.9 Å². The zero-order valence-electron chi connectivity index (χ0n) is 10.4. The Morgan fingerprint density at radius 3 is 2.31 bits per heavy atom. The van der Waals surface area contributed by atoms with E-state index in [4.69, 9.17) is 9.84 Å². The zero-order valence-corrected chi connectivity index (χ0v) is 10.4. The van der Waals surface area contributed by atoms with Gasteiger partial charge in [-0.15, -0.1) is 0 Å². The average molecular weight is 231 g/mol. The van der Waals surface area contributed by atoms with Crippen LogP contribution in [0.25, 0.3) is 0 Å². The van der Waals surface area contributed by atoms with Gasteiger partial charge in [-0.25, -0.2) is 4.79 Å². The number of aliphatic hydroxyl groups excluding tert-OH is 1. The molecule has 1 aliphatic rings. The second kappa shape index (κ2) is 6.48. The van der Waals surface area contributed by atoms with E-state index >= 15 is 0 Å². The molecule has 94 valence electrons. The second-order valence-corrected chi connectivity index (χ2v) is 4.65. The van der Waals surface area contributed by atoms with E-state index in [1.807, 2.05) is 20.8 Å². The van der Waals surface area contributed by atoms with Crippen LogP contribution < -0.4 is 0 Å². The maximum atomic E-state index is 11.4. The van der Waals surface area contributed by atoms with Crippen LogP contribution >= 0.6 is 0 Å². The Hall–Kier alpha value is -1.10. The Labute approximate surface area is 96.4 Å². The standard InChI is InChI=1S/C10H17NO3.CH4O/c1-10(2,3)14-9(13)11-6-8(7-11)4-5-12;1-2/h5,8H,4,6-7H2,1-3H3;2H,1H3. The van der Waals surface area contributed by atoms with Crippen LogP contribution in [0.5, 0.6) is 0 Å². The minimum atomic E-state index is -0.438. The number of hydrogen-bond donors (Lipinski definition) is 1. The molecule has 0 aromatic rings. The van der Waals surface area contributed by atoms with Gasteiger partial charge in [0, 0.05) is 32.5 Å². The lowest BCUT2D eigenvalue weighted by Crippen LogP contribution is -2.51. The summed E-state index contributed by atoms with van der Waals surface area (Å²) in [4.78, 5) is 23.2. The second-order valence-electron chi connectivity index (χ2n) is 4.65. The fourth-order valence-corrected chi connectivity index (χ4v) is 1.33. The summed E-state index contributed by atoms with van der Waals surface area (Å²) >= 11 is 0. The lowest BCUT2D eigenvalue weighted by atomic mass is 9.98. The third-order valence-corrected chi connectivity index (χ3v) is 2.04. The van der Waals surface area contributed by atoms with Gasteiger partial charge < -0.3 is 19.5 Å². The quantitative estimate of drug-likeness (QED) is 0.721. The van der Waals surface area contributed by atoms with E-state index in [0.717, 1.165) is 13.4 Å². The monoisotopic (exact) mass is 231 g/mol. The number of carbonyl (C=O) groups excluding carboxylic acids is 2. The number of nitrogens with zero attached hydrogens (tertiary/aromatic N) is 1. The number of aldehydes is 1. The van der Waals surface area contributed by atoms with Crippen molar-refractivity contribution in [1.29, 1.82) is 0 Å². The van der Waals surface area contributed by atoms with E-state index in [0.29, 0.717) is 25.4 Å². The number of carbonyl (C=O) groups is 2. The smallest absolute Gasteiger partial charge is 0.410 e. The molecule has 5 heteroatoms.